The van der Waals surface area contributed by atoms with Crippen LogP contribution in [-0.2, 0) is 11.2 Å². The molecule has 0 radical (unpaired) electrons. The number of anilines is 1. The molecule has 1 aliphatic rings. The van der Waals surface area contributed by atoms with Crippen LogP contribution in [0.2, 0.25) is 0 Å². The smallest absolute Gasteiger partial charge is 0.251 e. The second kappa shape index (κ2) is 8.64. The van der Waals surface area contributed by atoms with E-state index in [1.165, 1.54) is 0 Å². The number of amides is 2. The lowest BCUT2D eigenvalue weighted by Crippen LogP contribution is -2.32. The van der Waals surface area contributed by atoms with E-state index >= 15 is 0 Å². The Labute approximate surface area is 131 Å². The number of carbonyl (C=O) groups is 2. The quantitative estimate of drug-likeness (QED) is 0.701. The second-order valence-electron chi connectivity index (χ2n) is 4.93. The predicted molar refractivity (Wildman–Crippen MR) is 86.1 cm³/mol. The van der Waals surface area contributed by atoms with Gasteiger partial charge in [-0.05, 0) is 43.1 Å². The molecule has 2 amide bonds. The molecule has 0 saturated heterocycles. The average molecular weight is 312 g/mol. The third-order valence-electron chi connectivity index (χ3n) is 3.28. The third-order valence-corrected chi connectivity index (χ3v) is 3.28. The SMILES string of the molecule is CCCNCCNC(=O)c1ccc2c(c1)CCC(=O)N2.Cl. The molecule has 116 valence electrons. The third kappa shape index (κ3) is 5.02. The lowest BCUT2D eigenvalue weighted by molar-refractivity contribution is -0.116. The summed E-state index contributed by atoms with van der Waals surface area (Å²) in [6.45, 7) is 4.47. The topological polar surface area (TPSA) is 70.2 Å². The minimum Gasteiger partial charge on any atom is -0.351 e. The summed E-state index contributed by atoms with van der Waals surface area (Å²) in [4.78, 5) is 23.3. The molecule has 0 saturated carbocycles. The van der Waals surface area contributed by atoms with Crippen molar-refractivity contribution >= 4 is 29.9 Å². The molecule has 3 N–H and O–H groups in total. The maximum Gasteiger partial charge on any atom is 0.251 e. The fraction of sp³-hybridized carbons (Fsp3) is 0.467. The van der Waals surface area contributed by atoms with Gasteiger partial charge in [-0.25, -0.2) is 0 Å². The molecule has 1 aromatic carbocycles. The van der Waals surface area contributed by atoms with Crippen LogP contribution in [0.1, 0.15) is 35.7 Å². The van der Waals surface area contributed by atoms with E-state index in [2.05, 4.69) is 22.9 Å². The molecule has 5 nitrogen and oxygen atoms in total. The first-order valence-electron chi connectivity index (χ1n) is 7.12. The Morgan fingerprint density at radius 3 is 2.81 bits per heavy atom. The van der Waals surface area contributed by atoms with Crippen molar-refractivity contribution in [3.05, 3.63) is 29.3 Å². The molecular formula is C15H22ClN3O2. The summed E-state index contributed by atoms with van der Waals surface area (Å²) < 4.78 is 0. The zero-order valence-electron chi connectivity index (χ0n) is 12.2. The highest BCUT2D eigenvalue weighted by Crippen LogP contribution is 2.23. The first-order chi connectivity index (χ1) is 9.70. The van der Waals surface area contributed by atoms with Gasteiger partial charge >= 0.3 is 0 Å². The standard InChI is InChI=1S/C15H21N3O2.ClH/c1-2-7-16-8-9-17-15(20)12-3-5-13-11(10-12)4-6-14(19)18-13;/h3,5,10,16H,2,4,6-9H2,1H3,(H,17,20)(H,18,19);1H. The highest BCUT2D eigenvalue weighted by molar-refractivity contribution is 5.97. The van der Waals surface area contributed by atoms with Gasteiger partial charge in [0.1, 0.15) is 0 Å². The number of fused-ring (bicyclic) bond motifs is 1. The first kappa shape index (κ1) is 17.5. The number of hydrogen-bond acceptors (Lipinski definition) is 3. The summed E-state index contributed by atoms with van der Waals surface area (Å²) in [6.07, 6.45) is 2.27. The van der Waals surface area contributed by atoms with Crippen molar-refractivity contribution in [3.63, 3.8) is 0 Å². The number of nitrogens with one attached hydrogen (secondary N) is 3. The van der Waals surface area contributed by atoms with Crippen molar-refractivity contribution in [2.24, 2.45) is 0 Å². The van der Waals surface area contributed by atoms with Gasteiger partial charge in [0, 0.05) is 30.8 Å². The van der Waals surface area contributed by atoms with E-state index in [0.29, 0.717) is 24.9 Å². The van der Waals surface area contributed by atoms with Crippen LogP contribution in [0.25, 0.3) is 0 Å². The van der Waals surface area contributed by atoms with Crippen LogP contribution in [0.4, 0.5) is 5.69 Å². The largest absolute Gasteiger partial charge is 0.351 e. The van der Waals surface area contributed by atoms with Crippen molar-refractivity contribution in [2.75, 3.05) is 25.0 Å². The number of hydrogen-bond donors (Lipinski definition) is 3. The Morgan fingerprint density at radius 2 is 2.05 bits per heavy atom. The summed E-state index contributed by atoms with van der Waals surface area (Å²) in [7, 11) is 0. The molecule has 0 bridgehead atoms. The normalized spacial score (nSPS) is 12.9. The zero-order valence-corrected chi connectivity index (χ0v) is 13.0. The van der Waals surface area contributed by atoms with Gasteiger partial charge in [0.25, 0.3) is 5.91 Å². The predicted octanol–water partition coefficient (Wildman–Crippen LogP) is 1.72. The Kier molecular flexibility index (Phi) is 7.19. The Bertz CT molecular complexity index is 506. The Hall–Kier alpha value is -1.59. The molecule has 0 atom stereocenters. The van der Waals surface area contributed by atoms with Crippen molar-refractivity contribution in [1.29, 1.82) is 0 Å². The fourth-order valence-corrected chi connectivity index (χ4v) is 2.19. The molecule has 0 aliphatic carbocycles. The molecule has 21 heavy (non-hydrogen) atoms. The van der Waals surface area contributed by atoms with Gasteiger partial charge in [-0.2, -0.15) is 0 Å². The lowest BCUT2D eigenvalue weighted by Gasteiger charge is -2.17. The average Bonchev–Trinajstić information content (AvgIpc) is 2.46. The minimum atomic E-state index is -0.0667. The van der Waals surface area contributed by atoms with E-state index in [1.54, 1.807) is 12.1 Å². The highest BCUT2D eigenvalue weighted by atomic mass is 35.5. The van der Waals surface area contributed by atoms with Crippen molar-refractivity contribution in [1.82, 2.24) is 10.6 Å². The Balaban J connectivity index is 0.00000220. The molecule has 0 aromatic heterocycles. The van der Waals surface area contributed by atoms with Gasteiger partial charge in [-0.15, -0.1) is 12.4 Å². The Morgan fingerprint density at radius 1 is 1.24 bits per heavy atom. The van der Waals surface area contributed by atoms with Crippen LogP contribution in [0.5, 0.6) is 0 Å². The number of aryl methyl sites for hydroxylation is 1. The van der Waals surface area contributed by atoms with Crippen molar-refractivity contribution in [2.45, 2.75) is 26.2 Å². The van der Waals surface area contributed by atoms with E-state index in [4.69, 9.17) is 0 Å². The molecule has 0 spiro atoms. The monoisotopic (exact) mass is 311 g/mol. The second-order valence-corrected chi connectivity index (χ2v) is 4.93. The molecule has 1 heterocycles. The van der Waals surface area contributed by atoms with Crippen LogP contribution in [0.15, 0.2) is 18.2 Å². The van der Waals surface area contributed by atoms with Crippen LogP contribution in [-0.4, -0.2) is 31.4 Å². The van der Waals surface area contributed by atoms with Gasteiger partial charge in [0.2, 0.25) is 5.91 Å². The van der Waals surface area contributed by atoms with Gasteiger partial charge in [-0.1, -0.05) is 6.92 Å². The molecule has 2 rings (SSSR count). The minimum absolute atomic E-state index is 0. The van der Waals surface area contributed by atoms with Gasteiger partial charge in [-0.3, -0.25) is 9.59 Å². The molecular weight excluding hydrogens is 290 g/mol. The van der Waals surface area contributed by atoms with E-state index < -0.39 is 0 Å². The first-order valence-corrected chi connectivity index (χ1v) is 7.12. The molecule has 6 heteroatoms. The van der Waals surface area contributed by atoms with Crippen LogP contribution in [0.3, 0.4) is 0 Å². The number of benzene rings is 1. The highest BCUT2D eigenvalue weighted by Gasteiger charge is 2.16. The maximum absolute atomic E-state index is 12.0. The molecule has 0 unspecified atom stereocenters. The van der Waals surface area contributed by atoms with Crippen molar-refractivity contribution < 1.29 is 9.59 Å². The summed E-state index contributed by atoms with van der Waals surface area (Å²) in [5.74, 6) is -0.0281. The summed E-state index contributed by atoms with van der Waals surface area (Å²) in [5.41, 5.74) is 2.50. The maximum atomic E-state index is 12.0. The van der Waals surface area contributed by atoms with Crippen molar-refractivity contribution in [3.8, 4) is 0 Å². The molecule has 0 fully saturated rings. The van der Waals surface area contributed by atoms with Crippen LogP contribution in [0, 0.1) is 0 Å². The lowest BCUT2D eigenvalue weighted by atomic mass is 10.00. The van der Waals surface area contributed by atoms with Gasteiger partial charge in [0.05, 0.1) is 0 Å². The number of carbonyl (C=O) groups excluding carboxylic acids is 2. The van der Waals surface area contributed by atoms with Gasteiger partial charge < -0.3 is 16.0 Å². The number of halogens is 1. The van der Waals surface area contributed by atoms with E-state index in [-0.39, 0.29) is 24.2 Å². The van der Waals surface area contributed by atoms with E-state index in [0.717, 1.165) is 30.8 Å². The number of rotatable bonds is 6. The summed E-state index contributed by atoms with van der Waals surface area (Å²) in [6, 6.07) is 5.42. The fourth-order valence-electron chi connectivity index (χ4n) is 2.19. The van der Waals surface area contributed by atoms with E-state index in [9.17, 15) is 9.59 Å². The van der Waals surface area contributed by atoms with Crippen LogP contribution < -0.4 is 16.0 Å². The van der Waals surface area contributed by atoms with Gasteiger partial charge in [0.15, 0.2) is 0 Å². The summed E-state index contributed by atoms with van der Waals surface area (Å²) >= 11 is 0. The zero-order chi connectivity index (χ0) is 14.4. The van der Waals surface area contributed by atoms with Crippen LogP contribution >= 0.6 is 12.4 Å². The molecule has 1 aliphatic heterocycles. The van der Waals surface area contributed by atoms with E-state index in [1.807, 2.05) is 6.07 Å². The molecule has 1 aromatic rings. The summed E-state index contributed by atoms with van der Waals surface area (Å²) in [5, 5.41) is 8.93.